The summed E-state index contributed by atoms with van der Waals surface area (Å²) in [5.74, 6) is 0.465. The van der Waals surface area contributed by atoms with Gasteiger partial charge in [-0.2, -0.15) is 0 Å². The van der Waals surface area contributed by atoms with Gasteiger partial charge in [-0.25, -0.2) is 0 Å². The number of hydrogen-bond donors (Lipinski definition) is 1. The second kappa shape index (κ2) is 12.4. The molecule has 1 aliphatic carbocycles. The molecule has 0 bridgehead atoms. The Morgan fingerprint density at radius 2 is 1.80 bits per heavy atom. The van der Waals surface area contributed by atoms with Crippen LogP contribution in [0.1, 0.15) is 75.1 Å². The third-order valence-electron chi connectivity index (χ3n) is 6.01. The Morgan fingerprint density at radius 3 is 2.57 bits per heavy atom. The first-order valence-corrected chi connectivity index (χ1v) is 12.6. The number of rotatable bonds is 7. The van der Waals surface area contributed by atoms with E-state index in [9.17, 15) is 9.59 Å². The normalized spacial score (nSPS) is 21.0. The van der Waals surface area contributed by atoms with E-state index in [0.717, 1.165) is 37.1 Å². The van der Waals surface area contributed by atoms with E-state index in [1.54, 1.807) is 0 Å². The predicted molar refractivity (Wildman–Crippen MR) is 122 cm³/mol. The van der Waals surface area contributed by atoms with E-state index >= 15 is 0 Å². The van der Waals surface area contributed by atoms with Crippen molar-refractivity contribution in [3.63, 3.8) is 0 Å². The molecule has 6 heteroatoms. The Bertz CT molecular complexity index is 687. The van der Waals surface area contributed by atoms with Gasteiger partial charge in [0.1, 0.15) is 0 Å². The maximum absolute atomic E-state index is 13.2. The number of hydrogen-bond acceptors (Lipinski definition) is 4. The highest BCUT2D eigenvalue weighted by molar-refractivity contribution is 8.00. The second-order valence-electron chi connectivity index (χ2n) is 8.37. The van der Waals surface area contributed by atoms with Crippen molar-refractivity contribution in [3.05, 3.63) is 29.8 Å². The van der Waals surface area contributed by atoms with Gasteiger partial charge in [0.05, 0.1) is 17.4 Å². The van der Waals surface area contributed by atoms with Gasteiger partial charge >= 0.3 is 0 Å². The molecular formula is C24H36N2O3S. The molecule has 30 heavy (non-hydrogen) atoms. The largest absolute Gasteiger partial charge is 0.377 e. The van der Waals surface area contributed by atoms with E-state index in [1.165, 1.54) is 43.9 Å². The lowest BCUT2D eigenvalue weighted by atomic mass is 9.97. The molecular weight excluding hydrogens is 396 g/mol. The Labute approximate surface area is 185 Å². The summed E-state index contributed by atoms with van der Waals surface area (Å²) in [7, 11) is 0. The second-order valence-corrected chi connectivity index (χ2v) is 9.38. The van der Waals surface area contributed by atoms with Gasteiger partial charge < -0.3 is 15.0 Å². The summed E-state index contributed by atoms with van der Waals surface area (Å²) in [6.45, 7) is 4.08. The van der Waals surface area contributed by atoms with Crippen molar-refractivity contribution in [1.29, 1.82) is 0 Å². The minimum Gasteiger partial charge on any atom is -0.377 e. The molecule has 1 aliphatic heterocycles. The van der Waals surface area contributed by atoms with Crippen LogP contribution in [0.4, 0.5) is 0 Å². The Kier molecular flexibility index (Phi) is 9.53. The van der Waals surface area contributed by atoms with Crippen molar-refractivity contribution < 1.29 is 14.3 Å². The minimum absolute atomic E-state index is 0.0444. The van der Waals surface area contributed by atoms with Gasteiger partial charge in [0.2, 0.25) is 5.91 Å². The lowest BCUT2D eigenvalue weighted by Crippen LogP contribution is -2.43. The number of nitrogens with one attached hydrogen (secondary N) is 1. The third kappa shape index (κ3) is 7.02. The maximum Gasteiger partial charge on any atom is 0.255 e. The van der Waals surface area contributed by atoms with E-state index < -0.39 is 0 Å². The molecule has 0 aromatic heterocycles. The van der Waals surface area contributed by atoms with Crippen LogP contribution in [0.25, 0.3) is 0 Å². The van der Waals surface area contributed by atoms with Crippen molar-refractivity contribution in [2.45, 2.75) is 81.8 Å². The summed E-state index contributed by atoms with van der Waals surface area (Å²) in [6, 6.07) is 7.96. The van der Waals surface area contributed by atoms with Crippen LogP contribution >= 0.6 is 11.8 Å². The predicted octanol–water partition coefficient (Wildman–Crippen LogP) is 4.65. The van der Waals surface area contributed by atoms with Gasteiger partial charge in [-0.05, 0) is 44.7 Å². The molecule has 1 aromatic rings. The fourth-order valence-corrected chi connectivity index (χ4v) is 5.30. The molecule has 1 saturated carbocycles. The number of likely N-dealkylation sites (tertiary alicyclic amines) is 1. The number of carbonyl (C=O) groups is 2. The summed E-state index contributed by atoms with van der Waals surface area (Å²) >= 11 is 1.47. The highest BCUT2D eigenvalue weighted by atomic mass is 32.2. The van der Waals surface area contributed by atoms with E-state index in [2.05, 4.69) is 5.32 Å². The summed E-state index contributed by atoms with van der Waals surface area (Å²) in [6.07, 6.45) is 10.6. The van der Waals surface area contributed by atoms with Gasteiger partial charge in [0.25, 0.3) is 5.91 Å². The first-order valence-electron chi connectivity index (χ1n) is 11.6. The van der Waals surface area contributed by atoms with Crippen LogP contribution in [0.3, 0.4) is 0 Å². The minimum atomic E-state index is 0.0444. The van der Waals surface area contributed by atoms with Crippen molar-refractivity contribution in [2.24, 2.45) is 0 Å². The molecule has 1 atom stereocenters. The van der Waals surface area contributed by atoms with Crippen LogP contribution in [0.2, 0.25) is 0 Å². The number of thioether (sulfide) groups is 1. The van der Waals surface area contributed by atoms with E-state index in [0.29, 0.717) is 30.5 Å². The zero-order valence-electron chi connectivity index (χ0n) is 18.2. The summed E-state index contributed by atoms with van der Waals surface area (Å²) in [5, 5.41) is 3.22. The summed E-state index contributed by atoms with van der Waals surface area (Å²) in [5.41, 5.74) is 0.693. The van der Waals surface area contributed by atoms with Gasteiger partial charge in [0.15, 0.2) is 0 Å². The molecule has 2 amide bonds. The van der Waals surface area contributed by atoms with E-state index in [4.69, 9.17) is 4.74 Å². The van der Waals surface area contributed by atoms with Crippen LogP contribution in [-0.4, -0.2) is 54.3 Å². The van der Waals surface area contributed by atoms with Crippen LogP contribution < -0.4 is 5.32 Å². The lowest BCUT2D eigenvalue weighted by molar-refractivity contribution is -0.119. The molecule has 1 heterocycles. The number of piperidine rings is 1. The molecule has 1 N–H and O–H groups in total. The zero-order valence-corrected chi connectivity index (χ0v) is 19.1. The fraction of sp³-hybridized carbons (Fsp3) is 0.667. The molecule has 2 fully saturated rings. The highest BCUT2D eigenvalue weighted by Crippen LogP contribution is 2.26. The molecule has 166 valence electrons. The zero-order chi connectivity index (χ0) is 21.2. The average molecular weight is 433 g/mol. The van der Waals surface area contributed by atoms with Gasteiger partial charge in [-0.1, -0.05) is 44.2 Å². The summed E-state index contributed by atoms with van der Waals surface area (Å²) < 4.78 is 5.75. The monoisotopic (exact) mass is 432 g/mol. The average Bonchev–Trinajstić information content (AvgIpc) is 2.74. The van der Waals surface area contributed by atoms with Crippen LogP contribution in [0.5, 0.6) is 0 Å². The standard InChI is InChI=1S/C24H36N2O3S/c1-2-29-20-13-10-16-26(17-20)24(28)21-14-8-9-15-22(21)30-18-23(27)25-19-11-6-4-3-5-7-12-19/h8-9,14-15,19-20H,2-7,10-13,16-18H2,1H3,(H,25,27). The van der Waals surface area contributed by atoms with Gasteiger partial charge in [-0.3, -0.25) is 9.59 Å². The molecule has 0 spiro atoms. The van der Waals surface area contributed by atoms with Crippen LogP contribution in [0, 0.1) is 0 Å². The quantitative estimate of drug-likeness (QED) is 0.637. The van der Waals surface area contributed by atoms with E-state index in [1.807, 2.05) is 36.1 Å². The van der Waals surface area contributed by atoms with Crippen LogP contribution in [0.15, 0.2) is 29.2 Å². The summed E-state index contributed by atoms with van der Waals surface area (Å²) in [4.78, 5) is 28.5. The number of nitrogens with zero attached hydrogens (tertiary/aromatic N) is 1. The number of carbonyl (C=O) groups excluding carboxylic acids is 2. The molecule has 2 aliphatic rings. The van der Waals surface area contributed by atoms with Crippen molar-refractivity contribution in [3.8, 4) is 0 Å². The first-order chi connectivity index (χ1) is 14.7. The van der Waals surface area contributed by atoms with Crippen molar-refractivity contribution in [2.75, 3.05) is 25.4 Å². The van der Waals surface area contributed by atoms with Gasteiger partial charge in [0, 0.05) is 30.6 Å². The lowest BCUT2D eigenvalue weighted by Gasteiger charge is -2.33. The van der Waals surface area contributed by atoms with Crippen molar-refractivity contribution >= 4 is 23.6 Å². The fourth-order valence-electron chi connectivity index (χ4n) is 4.45. The molecule has 1 aromatic carbocycles. The third-order valence-corrected chi connectivity index (χ3v) is 7.09. The molecule has 1 unspecified atom stereocenters. The SMILES string of the molecule is CCOC1CCCN(C(=O)c2ccccc2SCC(=O)NC2CCCCCCC2)C1. The molecule has 0 radical (unpaired) electrons. The molecule has 3 rings (SSSR count). The van der Waals surface area contributed by atoms with Crippen molar-refractivity contribution in [1.82, 2.24) is 10.2 Å². The van der Waals surface area contributed by atoms with Gasteiger partial charge in [-0.15, -0.1) is 11.8 Å². The maximum atomic E-state index is 13.2. The molecule has 1 saturated heterocycles. The number of amides is 2. The Balaban J connectivity index is 1.55. The Hall–Kier alpha value is -1.53. The number of ether oxygens (including phenoxy) is 1. The Morgan fingerprint density at radius 1 is 1.07 bits per heavy atom. The van der Waals surface area contributed by atoms with Crippen LogP contribution in [-0.2, 0) is 9.53 Å². The van der Waals surface area contributed by atoms with E-state index in [-0.39, 0.29) is 17.9 Å². The first kappa shape index (κ1) is 23.1. The topological polar surface area (TPSA) is 58.6 Å². The highest BCUT2D eigenvalue weighted by Gasteiger charge is 2.26. The number of benzene rings is 1. The smallest absolute Gasteiger partial charge is 0.255 e. The molecule has 5 nitrogen and oxygen atoms in total.